The van der Waals surface area contributed by atoms with Crippen molar-refractivity contribution in [2.75, 3.05) is 5.32 Å². The first kappa shape index (κ1) is 21.9. The molecular weight excluding hydrogens is 396 g/mol. The van der Waals surface area contributed by atoms with E-state index in [1.165, 1.54) is 5.56 Å². The lowest BCUT2D eigenvalue weighted by Crippen LogP contribution is -2.17. The van der Waals surface area contributed by atoms with Gasteiger partial charge in [-0.2, -0.15) is 0 Å². The summed E-state index contributed by atoms with van der Waals surface area (Å²) in [6, 6.07) is 14.3. The number of hydrogen-bond acceptors (Lipinski definition) is 4. The summed E-state index contributed by atoms with van der Waals surface area (Å²) in [5.41, 5.74) is 5.33. The Balaban J connectivity index is 1.98. The zero-order chi connectivity index (χ0) is 23.3. The van der Waals surface area contributed by atoms with Gasteiger partial charge in [0, 0.05) is 34.8 Å². The molecule has 4 aromatic rings. The van der Waals surface area contributed by atoms with Crippen LogP contribution < -0.4 is 5.32 Å². The first-order valence-electron chi connectivity index (χ1n) is 11.0. The number of imidazole rings is 1. The predicted molar refractivity (Wildman–Crippen MR) is 132 cm³/mol. The minimum absolute atomic E-state index is 0.220. The van der Waals surface area contributed by atoms with Crippen LogP contribution in [-0.4, -0.2) is 19.5 Å². The third-order valence-corrected chi connectivity index (χ3v) is 5.72. The van der Waals surface area contributed by atoms with Crippen molar-refractivity contribution in [1.82, 2.24) is 14.4 Å². The summed E-state index contributed by atoms with van der Waals surface area (Å²) < 4.78 is 1.97. The summed E-state index contributed by atoms with van der Waals surface area (Å²) in [6.45, 7) is 14.8. The summed E-state index contributed by atoms with van der Waals surface area (Å²) in [5.74, 6) is 1.84. The Morgan fingerprint density at radius 2 is 1.50 bits per heavy atom. The van der Waals surface area contributed by atoms with E-state index in [2.05, 4.69) is 95.2 Å². The number of aromatic hydroxyl groups is 1. The highest BCUT2D eigenvalue weighted by Crippen LogP contribution is 2.43. The zero-order valence-electron chi connectivity index (χ0n) is 20.0. The lowest BCUT2D eigenvalue weighted by molar-refractivity contribution is 0.423. The number of hydrogen-bond donors (Lipinski definition) is 2. The minimum Gasteiger partial charge on any atom is -0.507 e. The highest BCUT2D eigenvalue weighted by atomic mass is 16.3. The Morgan fingerprint density at radius 1 is 0.906 bits per heavy atom. The van der Waals surface area contributed by atoms with Gasteiger partial charge in [0.2, 0.25) is 5.78 Å². The van der Waals surface area contributed by atoms with Crippen molar-refractivity contribution >= 4 is 17.3 Å². The van der Waals surface area contributed by atoms with Crippen molar-refractivity contribution < 1.29 is 5.11 Å². The third-order valence-electron chi connectivity index (χ3n) is 5.72. The van der Waals surface area contributed by atoms with Gasteiger partial charge in [-0.05, 0) is 48.1 Å². The van der Waals surface area contributed by atoms with Crippen LogP contribution in [0.2, 0.25) is 0 Å². The fraction of sp³-hybridized carbons (Fsp3) is 0.333. The number of rotatable bonds is 3. The van der Waals surface area contributed by atoms with Crippen LogP contribution in [0.25, 0.3) is 17.0 Å². The van der Waals surface area contributed by atoms with Crippen molar-refractivity contribution in [3.63, 3.8) is 0 Å². The van der Waals surface area contributed by atoms with E-state index in [-0.39, 0.29) is 10.8 Å². The number of aromatic nitrogens is 3. The number of aryl methyl sites for hydroxylation is 1. The van der Waals surface area contributed by atoms with Gasteiger partial charge in [0.15, 0.2) is 0 Å². The number of phenolic OH excluding ortho intramolecular Hbond substituents is 1. The molecule has 0 unspecified atom stereocenters. The molecule has 0 aliphatic carbocycles. The molecule has 2 heterocycles. The van der Waals surface area contributed by atoms with E-state index in [1.54, 1.807) is 6.20 Å². The van der Waals surface area contributed by atoms with E-state index in [0.717, 1.165) is 33.9 Å². The Kier molecular flexibility index (Phi) is 5.24. The third kappa shape index (κ3) is 4.07. The molecule has 4 rings (SSSR count). The largest absolute Gasteiger partial charge is 0.507 e. The fourth-order valence-corrected chi connectivity index (χ4v) is 3.90. The van der Waals surface area contributed by atoms with Crippen LogP contribution in [0.5, 0.6) is 5.75 Å². The van der Waals surface area contributed by atoms with Crippen LogP contribution in [0.4, 0.5) is 11.5 Å². The molecule has 0 saturated heterocycles. The number of anilines is 2. The first-order valence-corrected chi connectivity index (χ1v) is 11.0. The molecule has 0 saturated carbocycles. The first-order chi connectivity index (χ1) is 14.9. The van der Waals surface area contributed by atoms with Gasteiger partial charge in [0.1, 0.15) is 17.3 Å². The second kappa shape index (κ2) is 7.66. The van der Waals surface area contributed by atoms with Crippen molar-refractivity contribution in [2.24, 2.45) is 0 Å². The molecule has 0 bridgehead atoms. The molecule has 166 valence electrons. The average molecular weight is 429 g/mol. The second-order valence-electron chi connectivity index (χ2n) is 10.5. The monoisotopic (exact) mass is 428 g/mol. The standard InChI is InChI=1S/C27H32N4O/c1-17-9-11-19(12-10-17)29-24-22(30-25-28-13-8-14-31(24)25)18-15-20(26(2,3)4)23(32)21(16-18)27(5,6)7/h8-16,29,32H,1-7H3. The molecule has 0 amide bonds. The van der Waals surface area contributed by atoms with E-state index >= 15 is 0 Å². The Hall–Kier alpha value is -3.34. The maximum absolute atomic E-state index is 11.1. The van der Waals surface area contributed by atoms with Crippen LogP contribution >= 0.6 is 0 Å². The Morgan fingerprint density at radius 3 is 2.06 bits per heavy atom. The molecule has 5 nitrogen and oxygen atoms in total. The molecule has 2 aromatic carbocycles. The van der Waals surface area contributed by atoms with Crippen molar-refractivity contribution in [3.05, 3.63) is 71.5 Å². The second-order valence-corrected chi connectivity index (χ2v) is 10.5. The summed E-state index contributed by atoms with van der Waals surface area (Å²) in [7, 11) is 0. The molecular formula is C27H32N4O. The lowest BCUT2D eigenvalue weighted by Gasteiger charge is -2.28. The molecule has 0 spiro atoms. The Labute approximate surface area is 190 Å². The number of benzene rings is 2. The molecule has 0 aliphatic rings. The van der Waals surface area contributed by atoms with Gasteiger partial charge in [-0.3, -0.25) is 4.40 Å². The molecule has 5 heteroatoms. The highest BCUT2D eigenvalue weighted by Gasteiger charge is 2.28. The number of nitrogens with one attached hydrogen (secondary N) is 1. The number of phenols is 1. The maximum Gasteiger partial charge on any atom is 0.235 e. The van der Waals surface area contributed by atoms with Gasteiger partial charge in [-0.25, -0.2) is 9.97 Å². The van der Waals surface area contributed by atoms with E-state index in [4.69, 9.17) is 4.98 Å². The summed E-state index contributed by atoms with van der Waals surface area (Å²) in [4.78, 5) is 9.35. The number of fused-ring (bicyclic) bond motifs is 1. The normalized spacial score (nSPS) is 12.3. The SMILES string of the molecule is Cc1ccc(Nc2c(-c3cc(C(C)(C)C)c(O)c(C(C)(C)C)c3)nc3ncccn23)cc1. The zero-order valence-corrected chi connectivity index (χ0v) is 20.0. The molecule has 0 aliphatic heterocycles. The van der Waals surface area contributed by atoms with Crippen LogP contribution in [0.15, 0.2) is 54.9 Å². The van der Waals surface area contributed by atoms with Crippen molar-refractivity contribution in [2.45, 2.75) is 59.3 Å². The predicted octanol–water partition coefficient (Wildman–Crippen LogP) is 6.75. The van der Waals surface area contributed by atoms with E-state index in [0.29, 0.717) is 11.5 Å². The summed E-state index contributed by atoms with van der Waals surface area (Å²) >= 11 is 0. The van der Waals surface area contributed by atoms with Gasteiger partial charge in [0.25, 0.3) is 0 Å². The lowest BCUT2D eigenvalue weighted by atomic mass is 9.78. The summed E-state index contributed by atoms with van der Waals surface area (Å²) in [6.07, 6.45) is 3.71. The fourth-order valence-electron chi connectivity index (χ4n) is 3.90. The minimum atomic E-state index is -0.220. The molecule has 2 aromatic heterocycles. The number of nitrogens with zero attached hydrogens (tertiary/aromatic N) is 3. The van der Waals surface area contributed by atoms with Gasteiger partial charge in [0.05, 0.1) is 0 Å². The highest BCUT2D eigenvalue weighted by molar-refractivity contribution is 5.80. The van der Waals surface area contributed by atoms with Crippen LogP contribution in [0, 0.1) is 6.92 Å². The molecule has 0 atom stereocenters. The molecule has 0 fully saturated rings. The van der Waals surface area contributed by atoms with Gasteiger partial charge in [-0.15, -0.1) is 0 Å². The van der Waals surface area contributed by atoms with Crippen molar-refractivity contribution in [1.29, 1.82) is 0 Å². The van der Waals surface area contributed by atoms with Crippen LogP contribution in [0.1, 0.15) is 58.2 Å². The van der Waals surface area contributed by atoms with Crippen molar-refractivity contribution in [3.8, 4) is 17.0 Å². The van der Waals surface area contributed by atoms with Crippen LogP contribution in [-0.2, 0) is 10.8 Å². The smallest absolute Gasteiger partial charge is 0.235 e. The quantitative estimate of drug-likeness (QED) is 0.379. The van der Waals surface area contributed by atoms with Gasteiger partial charge < -0.3 is 10.4 Å². The van der Waals surface area contributed by atoms with Crippen LogP contribution in [0.3, 0.4) is 0 Å². The summed E-state index contributed by atoms with van der Waals surface area (Å²) in [5, 5.41) is 14.7. The van der Waals surface area contributed by atoms with E-state index in [9.17, 15) is 5.11 Å². The Bertz CT molecular complexity index is 1240. The average Bonchev–Trinajstić information content (AvgIpc) is 3.06. The maximum atomic E-state index is 11.1. The van der Waals surface area contributed by atoms with Gasteiger partial charge in [-0.1, -0.05) is 59.2 Å². The van der Waals surface area contributed by atoms with Gasteiger partial charge >= 0.3 is 0 Å². The van der Waals surface area contributed by atoms with E-state index in [1.807, 2.05) is 16.7 Å². The molecule has 32 heavy (non-hydrogen) atoms. The molecule has 0 radical (unpaired) electrons. The van der Waals surface area contributed by atoms with E-state index < -0.39 is 0 Å². The molecule has 2 N–H and O–H groups in total. The topological polar surface area (TPSA) is 62.5 Å².